The van der Waals surface area contributed by atoms with Crippen LogP contribution in [0.2, 0.25) is 0 Å². The Bertz CT molecular complexity index is 964. The molecule has 0 atom stereocenters. The predicted molar refractivity (Wildman–Crippen MR) is 94.6 cm³/mol. The molecule has 5 heteroatoms. The van der Waals surface area contributed by atoms with E-state index in [0.29, 0.717) is 12.3 Å². The van der Waals surface area contributed by atoms with Gasteiger partial charge in [0, 0.05) is 23.6 Å². The first-order valence-electron chi connectivity index (χ1n) is 8.35. The lowest BCUT2D eigenvalue weighted by Gasteiger charge is -2.02. The highest BCUT2D eigenvalue weighted by Gasteiger charge is 2.30. The maximum absolute atomic E-state index is 12.9. The topological polar surface area (TPSA) is 75.1 Å². The fourth-order valence-electron chi connectivity index (χ4n) is 3.10. The number of aromatic carboxylic acids is 1. The van der Waals surface area contributed by atoms with Gasteiger partial charge in [0.2, 0.25) is 0 Å². The number of benzene rings is 2. The Hall–Kier alpha value is -3.08. The van der Waals surface area contributed by atoms with Gasteiger partial charge >= 0.3 is 5.97 Å². The quantitative estimate of drug-likeness (QED) is 0.751. The monoisotopic (exact) mass is 334 g/mol. The van der Waals surface area contributed by atoms with Crippen molar-refractivity contribution in [2.75, 3.05) is 0 Å². The van der Waals surface area contributed by atoms with Crippen LogP contribution in [0.4, 0.5) is 0 Å². The van der Waals surface area contributed by atoms with E-state index in [-0.39, 0.29) is 11.1 Å². The van der Waals surface area contributed by atoms with Gasteiger partial charge in [-0.25, -0.2) is 9.48 Å². The second-order valence-electron chi connectivity index (χ2n) is 6.43. The lowest BCUT2D eigenvalue weighted by Crippen LogP contribution is -2.17. The Kier molecular flexibility index (Phi) is 3.76. The summed E-state index contributed by atoms with van der Waals surface area (Å²) in [6.45, 7) is 0. The molecule has 0 spiro atoms. The van der Waals surface area contributed by atoms with Gasteiger partial charge in [-0.15, -0.1) is 0 Å². The van der Waals surface area contributed by atoms with Gasteiger partial charge in [-0.3, -0.25) is 9.89 Å². The summed E-state index contributed by atoms with van der Waals surface area (Å²) in [6, 6.07) is 16.3. The number of aromatic nitrogens is 2. The summed E-state index contributed by atoms with van der Waals surface area (Å²) in [5, 5.41) is 12.3. The fourth-order valence-corrected chi connectivity index (χ4v) is 3.10. The molecule has 2 aromatic carbocycles. The summed E-state index contributed by atoms with van der Waals surface area (Å²) in [5.74, 6) is -0.524. The molecule has 0 bridgehead atoms. The van der Waals surface area contributed by atoms with Gasteiger partial charge in [0.15, 0.2) is 0 Å². The van der Waals surface area contributed by atoms with Crippen molar-refractivity contribution >= 4 is 5.97 Å². The molecule has 2 N–H and O–H groups in total. The molecule has 1 heterocycles. The van der Waals surface area contributed by atoms with E-state index < -0.39 is 5.97 Å². The Labute approximate surface area is 144 Å². The molecule has 1 fully saturated rings. The molecule has 0 aliphatic heterocycles. The minimum Gasteiger partial charge on any atom is -0.478 e. The van der Waals surface area contributed by atoms with Gasteiger partial charge in [0.05, 0.1) is 11.3 Å². The standard InChI is InChI=1S/C20H18N2O3/c23-19-17(12-13-6-8-15(9-7-13)20(24)25)18(14-10-11-14)21-22(19)16-4-2-1-3-5-16/h1-9,14,21H,10-12H2,(H,24,25). The normalized spacial score (nSPS) is 13.8. The van der Waals surface area contributed by atoms with Gasteiger partial charge in [0.1, 0.15) is 0 Å². The molecule has 5 nitrogen and oxygen atoms in total. The summed E-state index contributed by atoms with van der Waals surface area (Å²) in [5.41, 5.74) is 3.76. The number of carbonyl (C=O) groups is 1. The molecule has 126 valence electrons. The first-order chi connectivity index (χ1) is 12.1. The van der Waals surface area contributed by atoms with Crippen LogP contribution in [0.15, 0.2) is 59.4 Å². The highest BCUT2D eigenvalue weighted by molar-refractivity contribution is 5.87. The van der Waals surface area contributed by atoms with Crippen molar-refractivity contribution in [1.29, 1.82) is 0 Å². The Morgan fingerprint density at radius 2 is 1.76 bits per heavy atom. The third-order valence-corrected chi connectivity index (χ3v) is 4.60. The SMILES string of the molecule is O=C(O)c1ccc(Cc2c(C3CC3)[nH]n(-c3ccccc3)c2=O)cc1. The number of para-hydroxylation sites is 1. The largest absolute Gasteiger partial charge is 0.478 e. The number of rotatable bonds is 5. The molecule has 1 saturated carbocycles. The van der Waals surface area contributed by atoms with Crippen molar-refractivity contribution in [2.24, 2.45) is 0 Å². The zero-order chi connectivity index (χ0) is 17.4. The molecule has 3 aromatic rings. The minimum absolute atomic E-state index is 0.0320. The van der Waals surface area contributed by atoms with Crippen molar-refractivity contribution in [2.45, 2.75) is 25.2 Å². The van der Waals surface area contributed by atoms with Gasteiger partial charge in [-0.1, -0.05) is 30.3 Å². The highest BCUT2D eigenvalue weighted by Crippen LogP contribution is 2.40. The lowest BCUT2D eigenvalue weighted by atomic mass is 10.0. The Morgan fingerprint density at radius 3 is 2.36 bits per heavy atom. The number of nitrogens with zero attached hydrogens (tertiary/aromatic N) is 1. The van der Waals surface area contributed by atoms with Gasteiger partial charge in [0.25, 0.3) is 5.56 Å². The second kappa shape index (κ2) is 6.09. The van der Waals surface area contributed by atoms with Crippen LogP contribution >= 0.6 is 0 Å². The maximum atomic E-state index is 12.9. The fraction of sp³-hybridized carbons (Fsp3) is 0.200. The van der Waals surface area contributed by atoms with Crippen LogP contribution in [0.1, 0.15) is 45.9 Å². The molecule has 4 rings (SSSR count). The van der Waals surface area contributed by atoms with E-state index in [1.54, 1.807) is 28.9 Å². The summed E-state index contributed by atoms with van der Waals surface area (Å²) in [4.78, 5) is 23.9. The molecule has 0 radical (unpaired) electrons. The van der Waals surface area contributed by atoms with Gasteiger partial charge in [-0.05, 0) is 42.7 Å². The van der Waals surface area contributed by atoms with Crippen molar-refractivity contribution in [3.05, 3.63) is 87.3 Å². The van der Waals surface area contributed by atoms with Crippen LogP contribution in [0, 0.1) is 0 Å². The molecule has 25 heavy (non-hydrogen) atoms. The molecule has 0 unspecified atom stereocenters. The summed E-state index contributed by atoms with van der Waals surface area (Å²) in [7, 11) is 0. The molecular formula is C20H18N2O3. The van der Waals surface area contributed by atoms with Crippen LogP contribution in [0.5, 0.6) is 0 Å². The molecule has 0 amide bonds. The number of nitrogens with one attached hydrogen (secondary N) is 1. The van der Waals surface area contributed by atoms with E-state index in [4.69, 9.17) is 5.11 Å². The third-order valence-electron chi connectivity index (χ3n) is 4.60. The molecule has 1 aliphatic rings. The molecule has 1 aromatic heterocycles. The number of aromatic amines is 1. The van der Waals surface area contributed by atoms with Crippen LogP contribution in [-0.2, 0) is 6.42 Å². The molecule has 1 aliphatic carbocycles. The molecular weight excluding hydrogens is 316 g/mol. The van der Waals surface area contributed by atoms with Crippen molar-refractivity contribution in [3.8, 4) is 5.69 Å². The van der Waals surface area contributed by atoms with E-state index in [0.717, 1.165) is 35.3 Å². The smallest absolute Gasteiger partial charge is 0.335 e. The number of hydrogen-bond donors (Lipinski definition) is 2. The Balaban J connectivity index is 1.72. The number of carboxylic acids is 1. The minimum atomic E-state index is -0.946. The van der Waals surface area contributed by atoms with Crippen LogP contribution in [-0.4, -0.2) is 20.9 Å². The zero-order valence-electron chi connectivity index (χ0n) is 13.6. The summed E-state index contributed by atoms with van der Waals surface area (Å²) in [6.07, 6.45) is 2.69. The van der Waals surface area contributed by atoms with E-state index in [2.05, 4.69) is 5.10 Å². The number of H-pyrrole nitrogens is 1. The van der Waals surface area contributed by atoms with Crippen LogP contribution < -0.4 is 5.56 Å². The van der Waals surface area contributed by atoms with Crippen molar-refractivity contribution in [3.63, 3.8) is 0 Å². The summed E-state index contributed by atoms with van der Waals surface area (Å²) >= 11 is 0. The van der Waals surface area contributed by atoms with Crippen LogP contribution in [0.25, 0.3) is 5.69 Å². The first kappa shape index (κ1) is 15.4. The first-order valence-corrected chi connectivity index (χ1v) is 8.35. The number of carboxylic acid groups (broad SMARTS) is 1. The van der Waals surface area contributed by atoms with E-state index in [1.807, 2.05) is 30.3 Å². The van der Waals surface area contributed by atoms with Gasteiger partial charge < -0.3 is 5.11 Å². The lowest BCUT2D eigenvalue weighted by molar-refractivity contribution is 0.0697. The Morgan fingerprint density at radius 1 is 1.08 bits per heavy atom. The predicted octanol–water partition coefficient (Wildman–Crippen LogP) is 3.33. The van der Waals surface area contributed by atoms with E-state index in [9.17, 15) is 9.59 Å². The highest BCUT2D eigenvalue weighted by atomic mass is 16.4. The van der Waals surface area contributed by atoms with E-state index >= 15 is 0 Å². The van der Waals surface area contributed by atoms with E-state index in [1.165, 1.54) is 0 Å². The molecule has 0 saturated heterocycles. The van der Waals surface area contributed by atoms with Gasteiger partial charge in [-0.2, -0.15) is 0 Å². The number of hydrogen-bond acceptors (Lipinski definition) is 2. The third kappa shape index (κ3) is 3.01. The zero-order valence-corrected chi connectivity index (χ0v) is 13.6. The van der Waals surface area contributed by atoms with Crippen molar-refractivity contribution in [1.82, 2.24) is 9.78 Å². The summed E-state index contributed by atoms with van der Waals surface area (Å²) < 4.78 is 1.61. The second-order valence-corrected chi connectivity index (χ2v) is 6.43. The maximum Gasteiger partial charge on any atom is 0.335 e. The average Bonchev–Trinajstić information content (AvgIpc) is 3.42. The van der Waals surface area contributed by atoms with Crippen molar-refractivity contribution < 1.29 is 9.90 Å². The van der Waals surface area contributed by atoms with Crippen LogP contribution in [0.3, 0.4) is 0 Å². The average molecular weight is 334 g/mol.